The molecule has 0 radical (unpaired) electrons. The number of halogens is 1. The summed E-state index contributed by atoms with van der Waals surface area (Å²) in [5.74, 6) is 0. The van der Waals surface area contributed by atoms with E-state index in [9.17, 15) is 4.79 Å². The Morgan fingerprint density at radius 2 is 2.03 bits per heavy atom. The van der Waals surface area contributed by atoms with Crippen LogP contribution in [0.2, 0.25) is 5.02 Å². The number of piperazine rings is 1. The highest BCUT2D eigenvalue weighted by atomic mass is 35.5. The predicted molar refractivity (Wildman–Crippen MR) is 116 cm³/mol. The molecule has 29 heavy (non-hydrogen) atoms. The summed E-state index contributed by atoms with van der Waals surface area (Å²) in [6.07, 6.45) is 3.55. The second-order valence-corrected chi connectivity index (χ2v) is 8.16. The highest BCUT2D eigenvalue weighted by molar-refractivity contribution is 6.30. The first-order chi connectivity index (χ1) is 14.0. The normalized spacial score (nSPS) is 19.9. The van der Waals surface area contributed by atoms with Crippen molar-refractivity contribution < 1.29 is 4.42 Å². The number of fused-ring (bicyclic) bond motifs is 2. The monoisotopic (exact) mass is 408 g/mol. The first kappa shape index (κ1) is 18.2. The van der Waals surface area contributed by atoms with Gasteiger partial charge in [0.1, 0.15) is 11.2 Å². The van der Waals surface area contributed by atoms with Crippen molar-refractivity contribution in [2.45, 2.75) is 25.9 Å². The molecule has 1 saturated heterocycles. The molecule has 1 N–H and O–H groups in total. The number of anilines is 1. The van der Waals surface area contributed by atoms with Gasteiger partial charge in [-0.2, -0.15) is 0 Å². The van der Waals surface area contributed by atoms with Gasteiger partial charge in [0.25, 0.3) is 0 Å². The van der Waals surface area contributed by atoms with Gasteiger partial charge in [0.05, 0.1) is 16.3 Å². The Morgan fingerprint density at radius 3 is 2.90 bits per heavy atom. The van der Waals surface area contributed by atoms with Gasteiger partial charge in [-0.25, -0.2) is 9.78 Å². The first-order valence-corrected chi connectivity index (χ1v) is 10.1. The van der Waals surface area contributed by atoms with E-state index in [1.165, 1.54) is 0 Å². The molecule has 0 spiro atoms. The number of pyridine rings is 1. The van der Waals surface area contributed by atoms with Crippen LogP contribution in [-0.4, -0.2) is 34.6 Å². The second kappa shape index (κ2) is 6.90. The van der Waals surface area contributed by atoms with Crippen LogP contribution in [0.15, 0.2) is 58.0 Å². The SMILES string of the molecule is C[C@@H]1CN[C@@H](C)CN1c1ccc2cc(-c3cn4cc(Cl)ccc4n3)c(=O)oc2c1. The van der Waals surface area contributed by atoms with E-state index < -0.39 is 5.63 Å². The maximum Gasteiger partial charge on any atom is 0.345 e. The minimum absolute atomic E-state index is 0.374. The highest BCUT2D eigenvalue weighted by Gasteiger charge is 2.23. The van der Waals surface area contributed by atoms with E-state index in [0.29, 0.717) is 33.9 Å². The molecule has 0 bridgehead atoms. The number of aromatic nitrogens is 2. The van der Waals surface area contributed by atoms with Gasteiger partial charge in [-0.15, -0.1) is 0 Å². The van der Waals surface area contributed by atoms with Crippen LogP contribution in [0.3, 0.4) is 0 Å². The number of nitrogens with zero attached hydrogens (tertiary/aromatic N) is 3. The summed E-state index contributed by atoms with van der Waals surface area (Å²) in [6, 6.07) is 12.3. The lowest BCUT2D eigenvalue weighted by atomic mass is 10.1. The molecule has 5 rings (SSSR count). The Labute approximate surface area is 172 Å². The van der Waals surface area contributed by atoms with Crippen molar-refractivity contribution in [1.82, 2.24) is 14.7 Å². The summed E-state index contributed by atoms with van der Waals surface area (Å²) in [6.45, 7) is 6.21. The zero-order valence-electron chi connectivity index (χ0n) is 16.2. The topological polar surface area (TPSA) is 62.8 Å². The maximum absolute atomic E-state index is 12.7. The number of benzene rings is 1. The van der Waals surface area contributed by atoms with Gasteiger partial charge in [-0.05, 0) is 44.2 Å². The fraction of sp³-hybridized carbons (Fsp3) is 0.273. The van der Waals surface area contributed by atoms with Gasteiger partial charge < -0.3 is 19.0 Å². The number of nitrogens with one attached hydrogen (secondary N) is 1. The molecule has 148 valence electrons. The summed E-state index contributed by atoms with van der Waals surface area (Å²) in [5.41, 5.74) is 2.98. The van der Waals surface area contributed by atoms with Crippen LogP contribution in [0, 0.1) is 0 Å². The Hall–Kier alpha value is -2.83. The third-order valence-corrected chi connectivity index (χ3v) is 5.73. The standard InChI is InChI=1S/C22H21ClN4O2/c1-13-10-27(14(2)9-24-13)17-5-3-15-7-18(22(28)29-20(15)8-17)19-12-26-11-16(23)4-6-21(26)25-19/h3-8,11-14,24H,9-10H2,1-2H3/t13-,14+/m0/s1. The van der Waals surface area contributed by atoms with Crippen molar-refractivity contribution in [3.63, 3.8) is 0 Å². The molecular formula is C22H21ClN4O2. The van der Waals surface area contributed by atoms with Gasteiger partial charge in [0.2, 0.25) is 0 Å². The van der Waals surface area contributed by atoms with Crippen LogP contribution < -0.4 is 15.8 Å². The zero-order valence-corrected chi connectivity index (χ0v) is 17.0. The summed E-state index contributed by atoms with van der Waals surface area (Å²) >= 11 is 6.04. The van der Waals surface area contributed by atoms with Gasteiger partial charge in [-0.1, -0.05) is 11.6 Å². The molecule has 0 amide bonds. The van der Waals surface area contributed by atoms with Crippen LogP contribution >= 0.6 is 11.6 Å². The molecule has 1 aromatic carbocycles. The summed E-state index contributed by atoms with van der Waals surface area (Å²) in [4.78, 5) is 19.6. The molecule has 6 nitrogen and oxygen atoms in total. The lowest BCUT2D eigenvalue weighted by molar-refractivity contribution is 0.425. The average Bonchev–Trinajstić information content (AvgIpc) is 3.11. The molecule has 1 aliphatic rings. The Bertz CT molecular complexity index is 1280. The lowest BCUT2D eigenvalue weighted by Crippen LogP contribution is -2.54. The molecule has 4 heterocycles. The average molecular weight is 409 g/mol. The van der Waals surface area contributed by atoms with Gasteiger partial charge in [0, 0.05) is 54.7 Å². The van der Waals surface area contributed by atoms with Crippen molar-refractivity contribution in [2.75, 3.05) is 18.0 Å². The molecular weight excluding hydrogens is 388 g/mol. The van der Waals surface area contributed by atoms with Crippen LogP contribution in [0.25, 0.3) is 27.9 Å². The highest BCUT2D eigenvalue weighted by Crippen LogP contribution is 2.27. The van der Waals surface area contributed by atoms with Crippen LogP contribution in [-0.2, 0) is 0 Å². The Morgan fingerprint density at radius 1 is 1.17 bits per heavy atom. The van der Waals surface area contributed by atoms with Gasteiger partial charge in [0.15, 0.2) is 0 Å². The maximum atomic E-state index is 12.7. The van der Waals surface area contributed by atoms with E-state index in [-0.39, 0.29) is 0 Å². The lowest BCUT2D eigenvalue weighted by Gasteiger charge is -2.39. The predicted octanol–water partition coefficient (Wildman–Crippen LogP) is 3.95. The van der Waals surface area contributed by atoms with Crippen molar-refractivity contribution in [3.05, 3.63) is 64.2 Å². The summed E-state index contributed by atoms with van der Waals surface area (Å²) in [5, 5.41) is 4.96. The molecule has 2 atom stereocenters. The molecule has 7 heteroatoms. The molecule has 1 fully saturated rings. The van der Waals surface area contributed by atoms with E-state index >= 15 is 0 Å². The number of hydrogen-bond acceptors (Lipinski definition) is 5. The molecule has 0 unspecified atom stereocenters. The third-order valence-electron chi connectivity index (χ3n) is 5.51. The minimum Gasteiger partial charge on any atom is -0.422 e. The quantitative estimate of drug-likeness (QED) is 0.509. The molecule has 3 aromatic heterocycles. The largest absolute Gasteiger partial charge is 0.422 e. The van der Waals surface area contributed by atoms with Crippen molar-refractivity contribution in [1.29, 1.82) is 0 Å². The Balaban J connectivity index is 1.57. The number of rotatable bonds is 2. The van der Waals surface area contributed by atoms with E-state index in [4.69, 9.17) is 16.0 Å². The van der Waals surface area contributed by atoms with Crippen LogP contribution in [0.5, 0.6) is 0 Å². The third kappa shape index (κ3) is 3.28. The Kier molecular flexibility index (Phi) is 4.33. The molecule has 0 saturated carbocycles. The first-order valence-electron chi connectivity index (χ1n) is 9.70. The summed E-state index contributed by atoms with van der Waals surface area (Å²) in [7, 11) is 0. The van der Waals surface area contributed by atoms with Gasteiger partial charge in [-0.3, -0.25) is 0 Å². The van der Waals surface area contributed by atoms with Crippen molar-refractivity contribution in [2.24, 2.45) is 0 Å². The fourth-order valence-electron chi connectivity index (χ4n) is 3.93. The molecule has 1 aliphatic heterocycles. The summed E-state index contributed by atoms with van der Waals surface area (Å²) < 4.78 is 7.49. The smallest absolute Gasteiger partial charge is 0.345 e. The van der Waals surface area contributed by atoms with Crippen molar-refractivity contribution in [3.8, 4) is 11.3 Å². The zero-order chi connectivity index (χ0) is 20.1. The van der Waals surface area contributed by atoms with Crippen molar-refractivity contribution >= 4 is 33.9 Å². The number of hydrogen-bond donors (Lipinski definition) is 1. The van der Waals surface area contributed by atoms with Crippen LogP contribution in [0.1, 0.15) is 13.8 Å². The van der Waals surface area contributed by atoms with Crippen LogP contribution in [0.4, 0.5) is 5.69 Å². The number of imidazole rings is 1. The fourth-order valence-corrected chi connectivity index (χ4v) is 4.10. The molecule has 0 aliphatic carbocycles. The molecule has 4 aromatic rings. The van der Waals surface area contributed by atoms with E-state index in [1.54, 1.807) is 22.9 Å². The van der Waals surface area contributed by atoms with E-state index in [2.05, 4.69) is 35.1 Å². The van der Waals surface area contributed by atoms with E-state index in [0.717, 1.165) is 29.8 Å². The van der Waals surface area contributed by atoms with Gasteiger partial charge >= 0.3 is 5.63 Å². The van der Waals surface area contributed by atoms with E-state index in [1.807, 2.05) is 24.3 Å². The minimum atomic E-state index is -0.397. The second-order valence-electron chi connectivity index (χ2n) is 7.72.